The van der Waals surface area contributed by atoms with Gasteiger partial charge < -0.3 is 63.2 Å². The molecule has 30 heteroatoms. The number of furan rings is 3. The van der Waals surface area contributed by atoms with Crippen LogP contribution in [0.25, 0.3) is 208 Å². The summed E-state index contributed by atoms with van der Waals surface area (Å²) in [6.45, 7) is 0. The predicted octanol–water partition coefficient (Wildman–Crippen LogP) is 21.4. The van der Waals surface area contributed by atoms with E-state index in [-0.39, 0.29) is 177 Å². The van der Waals surface area contributed by atoms with Gasteiger partial charge in [0.25, 0.3) is 0 Å². The molecule has 12 heterocycles. The Labute approximate surface area is 927 Å². The van der Waals surface area contributed by atoms with Crippen molar-refractivity contribution in [2.45, 2.75) is 0 Å². The molecule has 0 unspecified atom stereocenters. The third-order valence-corrected chi connectivity index (χ3v) is 25.5. The maximum absolute atomic E-state index is 12.2. The van der Waals surface area contributed by atoms with Crippen LogP contribution >= 0.6 is 11.3 Å². The van der Waals surface area contributed by atoms with Gasteiger partial charge in [-0.3, -0.25) is 29.1 Å². The van der Waals surface area contributed by atoms with Crippen LogP contribution in [-0.4, -0.2) is 160 Å². The van der Waals surface area contributed by atoms with E-state index in [9.17, 15) is 40.9 Å². The van der Waals surface area contributed by atoms with Crippen molar-refractivity contribution in [3.63, 3.8) is 0 Å². The third kappa shape index (κ3) is 20.5. The Kier molecular flexibility index (Phi) is 34.9. The van der Waals surface area contributed by atoms with E-state index >= 15 is 0 Å². The molecule has 0 saturated heterocycles. The van der Waals surface area contributed by atoms with Crippen LogP contribution in [0.5, 0.6) is 46.0 Å². The molecule has 0 saturated carbocycles. The van der Waals surface area contributed by atoms with Gasteiger partial charge in [-0.15, -0.1) is 11.3 Å². The molecule has 29 rings (SSSR count). The van der Waals surface area contributed by atoms with Crippen molar-refractivity contribution in [1.29, 1.82) is 0 Å². The smallest absolute Gasteiger partial charge is 0.872 e. The number of hydrogen-bond acceptors (Lipinski definition) is 18. The van der Waals surface area contributed by atoms with Crippen molar-refractivity contribution in [2.24, 2.45) is 0 Å². The first-order valence-corrected chi connectivity index (χ1v) is 45.6. The van der Waals surface area contributed by atoms with E-state index < -0.39 is 0 Å². The molecule has 0 atom stereocenters. The zero-order valence-electron chi connectivity index (χ0n) is 78.9. The molecule has 17 aromatic carbocycles. The van der Waals surface area contributed by atoms with E-state index in [1.807, 2.05) is 288 Å². The average molecular weight is 2140 g/mol. The van der Waals surface area contributed by atoms with Crippen LogP contribution < -0.4 is 40.9 Å². The number of benzene rings is 17. The van der Waals surface area contributed by atoms with Crippen molar-refractivity contribution in [1.82, 2.24) is 48.2 Å². The minimum absolute atomic E-state index is 0. The molecule has 12 aromatic heterocycles. The van der Waals surface area contributed by atoms with Crippen LogP contribution in [0.3, 0.4) is 0 Å². The van der Waals surface area contributed by atoms with Crippen LogP contribution in [0.15, 0.2) is 451 Å². The molecule has 674 valence electrons. The first-order chi connectivity index (χ1) is 68.9. The first-order valence-electron chi connectivity index (χ1n) is 44.7. The minimum Gasteiger partial charge on any atom is -0.872 e. The second-order valence-corrected chi connectivity index (χ2v) is 33.6. The van der Waals surface area contributed by atoms with Gasteiger partial charge in [-0.05, 0) is 170 Å². The topological polar surface area (TPSA) is 321 Å². The molecule has 0 bridgehead atoms. The van der Waals surface area contributed by atoms with Crippen molar-refractivity contribution >= 4 is 308 Å². The standard InChI is InChI=1S/2C17H12N2O.2C16H11N3O.C16H10O2.2C12H8O2.C12H8OS.3Al.2Be.2Ga.Zn/c2*20-15-10-4-8-13-16(15)17-14(9-5-11-18-17)19(13)12-6-2-1-3-7-12;2*20-13-8-4-7-12-14(13)15-16(18-10-9-17-15)19(12)11-5-2-1-3-6-11;17-14-7-3-6-12-10-4-1-2-5-11(10)13-8-9-18-16(13)15(12)14;3*13-10-3-1-2-8-4-5-9-6-7-14-12(9)11(8)10;;;;;;;;/h2*1-11,20H;2*1-10,20H;1-9,17H;3*1-7,13H;;;;;;;;/q;;;;;;;;3*+3;2*+2;2*+3;+2/p-8. The van der Waals surface area contributed by atoms with Gasteiger partial charge in [0, 0.05) is 118 Å². The van der Waals surface area contributed by atoms with Crippen LogP contribution in [-0.2, 0) is 19.5 Å². The van der Waals surface area contributed by atoms with Crippen molar-refractivity contribution in [3.8, 4) is 68.7 Å². The normalized spacial score (nSPS) is 10.6. The molecular weight excluding hydrogens is 2070 g/mol. The maximum atomic E-state index is 12.2. The minimum atomic E-state index is -0.0253. The Hall–Kier alpha value is -15.5. The second-order valence-electron chi connectivity index (χ2n) is 32.6. The molecule has 0 aliphatic rings. The summed E-state index contributed by atoms with van der Waals surface area (Å²) in [5, 5.41) is 113. The van der Waals surface area contributed by atoms with E-state index in [1.54, 1.807) is 158 Å². The quantitative estimate of drug-likeness (QED) is 0.117. The van der Waals surface area contributed by atoms with Gasteiger partial charge in [0.1, 0.15) is 27.8 Å². The summed E-state index contributed by atoms with van der Waals surface area (Å²) in [6, 6.07) is 118. The number of para-hydroxylation sites is 4. The number of pyridine rings is 2. The molecule has 0 fully saturated rings. The SMILES string of the molecule is [Al+3].[Al+3].[Al+3].[Be+2].[Be+2].[Ga+3].[Ga+3].[O-]c1cccc2c1c1ncccc1n2-c1ccccc1.[O-]c1cccc2c1c1ncccc1n2-c1ccccc1.[O-]c1cccc2c1c1nccnc1n2-c1ccccc1.[O-]c1cccc2c1c1nccnc1n2-c1ccccc1.[O-]c1cccc2c3ccccc3c3ccoc3c12.[O-]c1cccc2ccc3ccoc3c12.[O-]c1cccc2ccc3ccoc3c12.[O-]c1cccc2ccc3ccsc3c12.[Zn+2]. The molecule has 0 spiro atoms. The van der Waals surface area contributed by atoms with E-state index in [1.165, 1.54) is 0 Å². The number of hydrogen-bond donors (Lipinski definition) is 0. The molecule has 0 amide bonds. The van der Waals surface area contributed by atoms with E-state index in [2.05, 4.69) is 51.2 Å². The fraction of sp³-hybridized carbons (Fsp3) is 0. The first kappa shape index (κ1) is 108. The van der Waals surface area contributed by atoms with Crippen LogP contribution in [0.4, 0.5) is 0 Å². The predicted molar refractivity (Wildman–Crippen MR) is 584 cm³/mol. The van der Waals surface area contributed by atoms with Gasteiger partial charge in [0.15, 0.2) is 11.3 Å². The van der Waals surface area contributed by atoms with E-state index in [0.29, 0.717) is 76.8 Å². The zero-order chi connectivity index (χ0) is 94.9. The van der Waals surface area contributed by atoms with Crippen LogP contribution in [0, 0.1) is 0 Å². The summed E-state index contributed by atoms with van der Waals surface area (Å²) in [5.41, 5.74) is 15.7. The summed E-state index contributed by atoms with van der Waals surface area (Å²) >= 11 is 1.63. The summed E-state index contributed by atoms with van der Waals surface area (Å²) in [6.07, 6.45) is 14.8. The summed E-state index contributed by atoms with van der Waals surface area (Å²) in [5.74, 6) is 0.145. The van der Waals surface area contributed by atoms with Gasteiger partial charge >= 0.3 is 131 Å². The second kappa shape index (κ2) is 47.8. The summed E-state index contributed by atoms with van der Waals surface area (Å²) in [4.78, 5) is 26.3. The number of nitrogens with zero attached hydrogens (tertiary/aromatic N) is 10. The Morgan fingerprint density at radius 3 is 0.919 bits per heavy atom. The average Bonchev–Trinajstić information content (AvgIpc) is 1.63. The Morgan fingerprint density at radius 2 is 0.500 bits per heavy atom. The van der Waals surface area contributed by atoms with E-state index in [0.717, 1.165) is 131 Å². The number of fused-ring (bicyclic) bond motifs is 27. The Bertz CT molecular complexity index is 8850. The van der Waals surface area contributed by atoms with Crippen molar-refractivity contribution in [2.75, 3.05) is 0 Å². The molecule has 0 radical (unpaired) electrons. The van der Waals surface area contributed by atoms with Crippen molar-refractivity contribution in [3.05, 3.63) is 437 Å². The van der Waals surface area contributed by atoms with Crippen LogP contribution in [0.2, 0.25) is 0 Å². The monoisotopic (exact) mass is 2140 g/mol. The Balaban J connectivity index is 0.000000133. The molecular formula is C118H72Al3Be2Ga2N10O11SZn+13. The van der Waals surface area contributed by atoms with Crippen LogP contribution in [0.1, 0.15) is 0 Å². The summed E-state index contributed by atoms with van der Waals surface area (Å²) in [7, 11) is 0. The fourth-order valence-electron chi connectivity index (χ4n) is 18.5. The molecule has 29 aromatic rings. The molecule has 0 aliphatic carbocycles. The maximum Gasteiger partial charge on any atom is 3.00 e. The van der Waals surface area contributed by atoms with Gasteiger partial charge in [-0.1, -0.05) is 301 Å². The van der Waals surface area contributed by atoms with Gasteiger partial charge in [0.05, 0.1) is 62.9 Å². The van der Waals surface area contributed by atoms with Gasteiger partial charge in [0.2, 0.25) is 0 Å². The van der Waals surface area contributed by atoms with Gasteiger partial charge in [-0.2, -0.15) is 0 Å². The molecule has 0 N–H and O–H groups in total. The van der Waals surface area contributed by atoms with Gasteiger partial charge in [-0.25, -0.2) is 9.97 Å². The molecule has 0 aliphatic heterocycles. The number of aromatic nitrogens is 10. The van der Waals surface area contributed by atoms with E-state index in [4.69, 9.17) is 13.3 Å². The number of rotatable bonds is 4. The Morgan fingerprint density at radius 1 is 0.209 bits per heavy atom. The number of thiophene rings is 1. The zero-order valence-corrected chi connectivity index (χ0v) is 91.0. The van der Waals surface area contributed by atoms with Crippen molar-refractivity contribution < 1.29 is 73.6 Å². The third-order valence-electron chi connectivity index (χ3n) is 24.5. The molecule has 21 nitrogen and oxygen atoms in total. The molecule has 148 heavy (non-hydrogen) atoms. The fourth-order valence-corrected chi connectivity index (χ4v) is 19.4. The summed E-state index contributed by atoms with van der Waals surface area (Å²) < 4.78 is 25.4. The largest absolute Gasteiger partial charge is 3.00 e.